The first-order valence-electron chi connectivity index (χ1n) is 8.36. The molecule has 0 radical (unpaired) electrons. The number of rotatable bonds is 2. The maximum absolute atomic E-state index is 12.7. The molecule has 2 aliphatic heterocycles. The number of methoxy groups -OCH3 is 2. The van der Waals surface area contributed by atoms with E-state index in [0.29, 0.717) is 12.2 Å². The zero-order valence-electron chi connectivity index (χ0n) is 14.8. The maximum atomic E-state index is 12.7. The molecular weight excluding hydrogens is 290 g/mol. The van der Waals surface area contributed by atoms with Crippen molar-refractivity contribution >= 4 is 5.78 Å². The molecule has 2 atom stereocenters. The molecule has 0 N–H and O–H groups in total. The molecule has 1 aromatic rings. The van der Waals surface area contributed by atoms with Gasteiger partial charge < -0.3 is 9.47 Å². The van der Waals surface area contributed by atoms with Crippen LogP contribution < -0.4 is 9.47 Å². The summed E-state index contributed by atoms with van der Waals surface area (Å²) in [5.41, 5.74) is 2.54. The highest BCUT2D eigenvalue weighted by atomic mass is 16.5. The number of benzene rings is 1. The van der Waals surface area contributed by atoms with Crippen LogP contribution in [0.25, 0.3) is 0 Å². The molecule has 23 heavy (non-hydrogen) atoms. The first kappa shape index (κ1) is 16.3. The molecule has 1 fully saturated rings. The summed E-state index contributed by atoms with van der Waals surface area (Å²) in [4.78, 5) is 15.2. The van der Waals surface area contributed by atoms with Crippen molar-refractivity contribution in [2.75, 3.05) is 27.3 Å². The number of hydrogen-bond acceptors (Lipinski definition) is 4. The minimum atomic E-state index is 0.0277. The Labute approximate surface area is 138 Å². The summed E-state index contributed by atoms with van der Waals surface area (Å²) in [5.74, 6) is 2.04. The van der Waals surface area contributed by atoms with Gasteiger partial charge >= 0.3 is 0 Å². The number of fused-ring (bicyclic) bond motifs is 3. The van der Waals surface area contributed by atoms with Crippen molar-refractivity contribution in [3.8, 4) is 11.5 Å². The van der Waals surface area contributed by atoms with Gasteiger partial charge in [-0.2, -0.15) is 0 Å². The van der Waals surface area contributed by atoms with Crippen molar-refractivity contribution in [1.82, 2.24) is 4.90 Å². The van der Waals surface area contributed by atoms with Gasteiger partial charge in [0.15, 0.2) is 11.5 Å². The van der Waals surface area contributed by atoms with Crippen LogP contribution in [0.4, 0.5) is 0 Å². The normalized spacial score (nSPS) is 24.8. The predicted molar refractivity (Wildman–Crippen MR) is 90.1 cm³/mol. The van der Waals surface area contributed by atoms with Crippen LogP contribution in [-0.4, -0.2) is 38.0 Å². The molecule has 0 bridgehead atoms. The van der Waals surface area contributed by atoms with Gasteiger partial charge in [0.25, 0.3) is 0 Å². The van der Waals surface area contributed by atoms with E-state index in [1.807, 2.05) is 0 Å². The predicted octanol–water partition coefficient (Wildman–Crippen LogP) is 3.24. The Morgan fingerprint density at radius 1 is 1.13 bits per heavy atom. The Morgan fingerprint density at radius 3 is 2.39 bits per heavy atom. The number of Topliss-reactive ketones (excluding diaryl/α,β-unsaturated/α-hetero) is 1. The second kappa shape index (κ2) is 5.82. The highest BCUT2D eigenvalue weighted by Crippen LogP contribution is 2.44. The van der Waals surface area contributed by atoms with E-state index in [2.05, 4.69) is 37.8 Å². The Bertz CT molecular complexity index is 618. The van der Waals surface area contributed by atoms with E-state index in [-0.39, 0.29) is 17.4 Å². The number of piperidine rings is 1. The summed E-state index contributed by atoms with van der Waals surface area (Å²) in [5, 5.41) is 0. The Kier molecular flexibility index (Phi) is 4.13. The number of carbonyl (C=O) groups is 1. The average molecular weight is 317 g/mol. The first-order chi connectivity index (χ1) is 10.8. The fourth-order valence-corrected chi connectivity index (χ4v) is 3.96. The summed E-state index contributed by atoms with van der Waals surface area (Å²) in [6.07, 6.45) is 1.60. The van der Waals surface area contributed by atoms with Crippen LogP contribution >= 0.6 is 0 Å². The zero-order valence-corrected chi connectivity index (χ0v) is 14.8. The van der Waals surface area contributed by atoms with Crippen LogP contribution in [0.3, 0.4) is 0 Å². The first-order valence-corrected chi connectivity index (χ1v) is 8.36. The lowest BCUT2D eigenvalue weighted by molar-refractivity contribution is -0.133. The summed E-state index contributed by atoms with van der Waals surface area (Å²) in [6, 6.07) is 4.33. The van der Waals surface area contributed by atoms with Gasteiger partial charge in [0.1, 0.15) is 5.78 Å². The van der Waals surface area contributed by atoms with Crippen LogP contribution in [0.5, 0.6) is 11.5 Å². The van der Waals surface area contributed by atoms with Gasteiger partial charge in [-0.3, -0.25) is 9.69 Å². The number of ether oxygens (including phenoxy) is 2. The standard InChI is InChI=1S/C19H27NO3/c1-19(2,3)14-11-20-7-6-12-8-17(22-4)18(23-5)9-13(12)15(20)10-16(14)21/h8-9,14-15H,6-7,10-11H2,1-5H3. The van der Waals surface area contributed by atoms with Gasteiger partial charge in [0.05, 0.1) is 14.2 Å². The van der Waals surface area contributed by atoms with E-state index in [0.717, 1.165) is 31.0 Å². The van der Waals surface area contributed by atoms with Crippen LogP contribution in [0, 0.1) is 11.3 Å². The lowest BCUT2D eigenvalue weighted by Crippen LogP contribution is -2.49. The molecule has 1 aromatic carbocycles. The summed E-state index contributed by atoms with van der Waals surface area (Å²) in [6.45, 7) is 8.37. The third-order valence-corrected chi connectivity index (χ3v) is 5.36. The number of hydrogen-bond donors (Lipinski definition) is 0. The fourth-order valence-electron chi connectivity index (χ4n) is 3.96. The van der Waals surface area contributed by atoms with E-state index < -0.39 is 0 Å². The largest absolute Gasteiger partial charge is 0.493 e. The monoisotopic (exact) mass is 317 g/mol. The second-order valence-corrected chi connectivity index (χ2v) is 7.76. The topological polar surface area (TPSA) is 38.8 Å². The Morgan fingerprint density at radius 2 is 1.78 bits per heavy atom. The van der Waals surface area contributed by atoms with Crippen molar-refractivity contribution in [2.45, 2.75) is 39.7 Å². The summed E-state index contributed by atoms with van der Waals surface area (Å²) >= 11 is 0. The molecule has 2 unspecified atom stereocenters. The number of nitrogens with zero attached hydrogens (tertiary/aromatic N) is 1. The summed E-state index contributed by atoms with van der Waals surface area (Å²) < 4.78 is 10.9. The summed E-state index contributed by atoms with van der Waals surface area (Å²) in [7, 11) is 3.32. The lowest BCUT2D eigenvalue weighted by atomic mass is 9.72. The van der Waals surface area contributed by atoms with Gasteiger partial charge in [0, 0.05) is 31.5 Å². The van der Waals surface area contributed by atoms with E-state index in [1.54, 1.807) is 14.2 Å². The number of carbonyl (C=O) groups excluding carboxylic acids is 1. The van der Waals surface area contributed by atoms with Crippen molar-refractivity contribution in [1.29, 1.82) is 0 Å². The molecule has 2 aliphatic rings. The van der Waals surface area contributed by atoms with E-state index in [4.69, 9.17) is 9.47 Å². The van der Waals surface area contributed by atoms with Gasteiger partial charge in [0.2, 0.25) is 0 Å². The molecule has 1 saturated heterocycles. The Hall–Kier alpha value is -1.55. The molecule has 0 aliphatic carbocycles. The zero-order chi connectivity index (χ0) is 16.8. The third kappa shape index (κ3) is 2.85. The quantitative estimate of drug-likeness (QED) is 0.839. The highest BCUT2D eigenvalue weighted by Gasteiger charge is 2.42. The van der Waals surface area contributed by atoms with Crippen molar-refractivity contribution in [2.24, 2.45) is 11.3 Å². The van der Waals surface area contributed by atoms with Gasteiger partial charge in [-0.05, 0) is 35.1 Å². The molecule has 0 saturated carbocycles. The minimum Gasteiger partial charge on any atom is -0.493 e. The van der Waals surface area contributed by atoms with Crippen LogP contribution in [-0.2, 0) is 11.2 Å². The third-order valence-electron chi connectivity index (χ3n) is 5.36. The van der Waals surface area contributed by atoms with E-state index >= 15 is 0 Å². The average Bonchev–Trinajstić information content (AvgIpc) is 2.51. The molecular formula is C19H27NO3. The van der Waals surface area contributed by atoms with Crippen LogP contribution in [0.2, 0.25) is 0 Å². The molecule has 0 amide bonds. The molecule has 0 aromatic heterocycles. The smallest absolute Gasteiger partial charge is 0.161 e. The molecule has 4 heteroatoms. The number of ketones is 1. The molecule has 3 rings (SSSR count). The van der Waals surface area contributed by atoms with E-state index in [9.17, 15) is 4.79 Å². The Balaban J connectivity index is 1.95. The van der Waals surface area contributed by atoms with Crippen LogP contribution in [0.1, 0.15) is 44.4 Å². The molecule has 0 spiro atoms. The van der Waals surface area contributed by atoms with Gasteiger partial charge in [-0.1, -0.05) is 20.8 Å². The van der Waals surface area contributed by atoms with E-state index in [1.165, 1.54) is 11.1 Å². The maximum Gasteiger partial charge on any atom is 0.161 e. The highest BCUT2D eigenvalue weighted by molar-refractivity contribution is 5.83. The van der Waals surface area contributed by atoms with Gasteiger partial charge in [-0.25, -0.2) is 0 Å². The van der Waals surface area contributed by atoms with Crippen molar-refractivity contribution < 1.29 is 14.3 Å². The van der Waals surface area contributed by atoms with Crippen molar-refractivity contribution in [3.05, 3.63) is 23.3 Å². The lowest BCUT2D eigenvalue weighted by Gasteiger charge is -2.46. The molecule has 4 nitrogen and oxygen atoms in total. The second-order valence-electron chi connectivity index (χ2n) is 7.76. The minimum absolute atomic E-state index is 0.0277. The molecule has 2 heterocycles. The van der Waals surface area contributed by atoms with Crippen molar-refractivity contribution in [3.63, 3.8) is 0 Å². The SMILES string of the molecule is COc1cc2c(cc1OC)C1CC(=O)C(C(C)(C)C)CN1CC2. The van der Waals surface area contributed by atoms with Gasteiger partial charge in [-0.15, -0.1) is 0 Å². The van der Waals surface area contributed by atoms with Crippen LogP contribution in [0.15, 0.2) is 12.1 Å². The molecule has 126 valence electrons. The fraction of sp³-hybridized carbons (Fsp3) is 0.632.